The van der Waals surface area contributed by atoms with Gasteiger partial charge in [-0.05, 0) is 45.0 Å². The Morgan fingerprint density at radius 3 is 2.56 bits per heavy atom. The van der Waals surface area contributed by atoms with Crippen molar-refractivity contribution in [1.29, 1.82) is 0 Å². The van der Waals surface area contributed by atoms with Gasteiger partial charge in [-0.1, -0.05) is 11.6 Å². The van der Waals surface area contributed by atoms with Gasteiger partial charge >= 0.3 is 0 Å². The Morgan fingerprint density at radius 2 is 2.06 bits per heavy atom. The number of nitrogens with zero attached hydrogens (tertiary/aromatic N) is 3. The third-order valence-electron chi connectivity index (χ3n) is 3.11. The summed E-state index contributed by atoms with van der Waals surface area (Å²) in [5, 5.41) is 8.16. The summed E-state index contributed by atoms with van der Waals surface area (Å²) in [4.78, 5) is 4.41. The van der Waals surface area contributed by atoms with Crippen molar-refractivity contribution in [2.45, 2.75) is 27.3 Å². The Labute approximate surface area is 112 Å². The Bertz CT molecular complexity index is 575. The van der Waals surface area contributed by atoms with Crippen molar-refractivity contribution in [2.75, 3.05) is 7.05 Å². The number of hydrogen-bond acceptors (Lipinski definition) is 3. The van der Waals surface area contributed by atoms with Crippen LogP contribution in [0, 0.1) is 20.8 Å². The van der Waals surface area contributed by atoms with Crippen LogP contribution in [-0.4, -0.2) is 21.8 Å². The highest BCUT2D eigenvalue weighted by molar-refractivity contribution is 6.32. The molecular formula is C13H17ClN4. The normalized spacial score (nSPS) is 10.9. The van der Waals surface area contributed by atoms with Crippen molar-refractivity contribution >= 4 is 11.6 Å². The molecule has 0 saturated heterocycles. The van der Waals surface area contributed by atoms with E-state index in [4.69, 9.17) is 11.6 Å². The van der Waals surface area contributed by atoms with E-state index in [1.807, 2.05) is 33.2 Å². The molecule has 2 aromatic heterocycles. The van der Waals surface area contributed by atoms with E-state index in [9.17, 15) is 0 Å². The van der Waals surface area contributed by atoms with Gasteiger partial charge in [-0.2, -0.15) is 5.10 Å². The van der Waals surface area contributed by atoms with Crippen molar-refractivity contribution in [3.8, 4) is 5.82 Å². The molecule has 5 heteroatoms. The summed E-state index contributed by atoms with van der Waals surface area (Å²) in [6.07, 6.45) is 1.82. The molecule has 2 rings (SSSR count). The smallest absolute Gasteiger partial charge is 0.172 e. The summed E-state index contributed by atoms with van der Waals surface area (Å²) in [6, 6.07) is 1.92. The van der Waals surface area contributed by atoms with Crippen LogP contribution in [0.2, 0.25) is 5.02 Å². The molecule has 0 radical (unpaired) electrons. The first-order valence-electron chi connectivity index (χ1n) is 5.86. The van der Waals surface area contributed by atoms with Crippen molar-refractivity contribution in [3.05, 3.63) is 39.8 Å². The largest absolute Gasteiger partial charge is 0.316 e. The molecule has 0 fully saturated rings. The Kier molecular flexibility index (Phi) is 3.68. The number of hydrogen-bond donors (Lipinski definition) is 1. The van der Waals surface area contributed by atoms with Crippen LogP contribution < -0.4 is 5.32 Å². The van der Waals surface area contributed by atoms with Crippen LogP contribution in [0.1, 0.15) is 22.5 Å². The SMILES string of the molecule is CNCc1cnc(-n2nc(C)c(C)c2C)c(Cl)c1. The molecule has 2 aromatic rings. The number of rotatable bonds is 3. The third-order valence-corrected chi connectivity index (χ3v) is 3.39. The molecule has 0 aliphatic heterocycles. The van der Waals surface area contributed by atoms with Gasteiger partial charge in [0.1, 0.15) is 0 Å². The maximum atomic E-state index is 6.28. The minimum absolute atomic E-state index is 0.619. The topological polar surface area (TPSA) is 42.7 Å². The number of pyridine rings is 1. The molecular weight excluding hydrogens is 248 g/mol. The highest BCUT2D eigenvalue weighted by Crippen LogP contribution is 2.22. The molecule has 0 atom stereocenters. The second-order valence-electron chi connectivity index (χ2n) is 4.39. The van der Waals surface area contributed by atoms with Crippen molar-refractivity contribution < 1.29 is 0 Å². The third kappa shape index (κ3) is 2.26. The lowest BCUT2D eigenvalue weighted by molar-refractivity contribution is 0.787. The minimum atomic E-state index is 0.619. The first kappa shape index (κ1) is 13.1. The summed E-state index contributed by atoms with van der Waals surface area (Å²) in [7, 11) is 1.90. The average molecular weight is 265 g/mol. The Balaban J connectivity index is 2.48. The fraction of sp³-hybridized carbons (Fsp3) is 0.385. The zero-order chi connectivity index (χ0) is 13.3. The summed E-state index contributed by atoms with van der Waals surface area (Å²) in [5.41, 5.74) is 4.31. The number of aryl methyl sites for hydroxylation is 1. The molecule has 0 bridgehead atoms. The van der Waals surface area contributed by atoms with E-state index in [-0.39, 0.29) is 0 Å². The predicted octanol–water partition coefficient (Wildman–Crippen LogP) is 2.57. The summed E-state index contributed by atoms with van der Waals surface area (Å²) in [6.45, 7) is 6.82. The molecule has 4 nitrogen and oxygen atoms in total. The molecule has 0 saturated carbocycles. The average Bonchev–Trinajstić information content (AvgIpc) is 2.58. The Hall–Kier alpha value is -1.39. The summed E-state index contributed by atoms with van der Waals surface area (Å²) >= 11 is 6.28. The fourth-order valence-corrected chi connectivity index (χ4v) is 2.12. The monoisotopic (exact) mass is 264 g/mol. The summed E-state index contributed by atoms with van der Waals surface area (Å²) in [5.74, 6) is 0.685. The standard InChI is InChI=1S/C13H17ClN4/c1-8-9(2)17-18(10(8)3)13-12(14)5-11(6-15-4)7-16-13/h5,7,15H,6H2,1-4H3. The van der Waals surface area contributed by atoms with Crippen molar-refractivity contribution in [2.24, 2.45) is 0 Å². The van der Waals surface area contributed by atoms with Crippen LogP contribution >= 0.6 is 11.6 Å². The molecule has 2 heterocycles. The number of halogens is 1. The second-order valence-corrected chi connectivity index (χ2v) is 4.79. The van der Waals surface area contributed by atoms with E-state index in [2.05, 4.69) is 22.3 Å². The molecule has 0 aliphatic rings. The lowest BCUT2D eigenvalue weighted by Gasteiger charge is -2.08. The lowest BCUT2D eigenvalue weighted by Crippen LogP contribution is -2.08. The molecule has 0 spiro atoms. The van der Waals surface area contributed by atoms with E-state index in [1.54, 1.807) is 4.68 Å². The highest BCUT2D eigenvalue weighted by atomic mass is 35.5. The number of aromatic nitrogens is 3. The molecule has 18 heavy (non-hydrogen) atoms. The van der Waals surface area contributed by atoms with E-state index >= 15 is 0 Å². The zero-order valence-electron chi connectivity index (χ0n) is 11.1. The van der Waals surface area contributed by atoms with Crippen LogP contribution in [0.25, 0.3) is 5.82 Å². The van der Waals surface area contributed by atoms with Gasteiger partial charge in [0, 0.05) is 18.4 Å². The number of nitrogens with one attached hydrogen (secondary N) is 1. The van der Waals surface area contributed by atoms with Crippen LogP contribution in [0.4, 0.5) is 0 Å². The first-order chi connectivity index (χ1) is 8.54. The van der Waals surface area contributed by atoms with E-state index in [0.717, 1.165) is 23.5 Å². The van der Waals surface area contributed by atoms with E-state index in [0.29, 0.717) is 10.8 Å². The Morgan fingerprint density at radius 1 is 1.33 bits per heavy atom. The van der Waals surface area contributed by atoms with Crippen molar-refractivity contribution in [3.63, 3.8) is 0 Å². The highest BCUT2D eigenvalue weighted by Gasteiger charge is 2.13. The maximum Gasteiger partial charge on any atom is 0.172 e. The second kappa shape index (κ2) is 5.08. The molecule has 1 N–H and O–H groups in total. The molecule has 0 unspecified atom stereocenters. The minimum Gasteiger partial charge on any atom is -0.316 e. The summed E-state index contributed by atoms with van der Waals surface area (Å²) < 4.78 is 1.80. The van der Waals surface area contributed by atoms with Crippen LogP contribution in [-0.2, 0) is 6.54 Å². The molecule has 0 amide bonds. The van der Waals surface area contributed by atoms with Gasteiger partial charge in [-0.15, -0.1) is 0 Å². The quantitative estimate of drug-likeness (QED) is 0.927. The zero-order valence-corrected chi connectivity index (χ0v) is 11.8. The lowest BCUT2D eigenvalue weighted by atomic mass is 10.2. The van der Waals surface area contributed by atoms with Crippen LogP contribution in [0.3, 0.4) is 0 Å². The molecule has 96 valence electrons. The van der Waals surface area contributed by atoms with Gasteiger partial charge in [0.25, 0.3) is 0 Å². The van der Waals surface area contributed by atoms with E-state index < -0.39 is 0 Å². The van der Waals surface area contributed by atoms with Gasteiger partial charge in [0.2, 0.25) is 0 Å². The van der Waals surface area contributed by atoms with Gasteiger partial charge in [-0.3, -0.25) is 0 Å². The maximum absolute atomic E-state index is 6.28. The van der Waals surface area contributed by atoms with Crippen LogP contribution in [0.5, 0.6) is 0 Å². The van der Waals surface area contributed by atoms with E-state index in [1.165, 1.54) is 5.56 Å². The van der Waals surface area contributed by atoms with Gasteiger partial charge < -0.3 is 5.32 Å². The van der Waals surface area contributed by atoms with Gasteiger partial charge in [0.05, 0.1) is 10.7 Å². The molecule has 0 aromatic carbocycles. The predicted molar refractivity (Wildman–Crippen MR) is 73.3 cm³/mol. The fourth-order valence-electron chi connectivity index (χ4n) is 1.85. The van der Waals surface area contributed by atoms with Gasteiger partial charge in [-0.25, -0.2) is 9.67 Å². The first-order valence-corrected chi connectivity index (χ1v) is 6.24. The molecule has 0 aliphatic carbocycles. The van der Waals surface area contributed by atoms with Crippen LogP contribution in [0.15, 0.2) is 12.3 Å². The van der Waals surface area contributed by atoms with Gasteiger partial charge in [0.15, 0.2) is 5.82 Å². The van der Waals surface area contributed by atoms with Crippen molar-refractivity contribution in [1.82, 2.24) is 20.1 Å².